The number of nitrogens with one attached hydrogen (secondary N) is 2. The number of likely N-dealkylation sites (N-methyl/N-ethyl adjacent to an activating group) is 1. The van der Waals surface area contributed by atoms with Crippen molar-refractivity contribution in [3.63, 3.8) is 0 Å². The van der Waals surface area contributed by atoms with Gasteiger partial charge < -0.3 is 31.7 Å². The lowest BCUT2D eigenvalue weighted by molar-refractivity contribution is 0.100. The molecule has 0 radical (unpaired) electrons. The van der Waals surface area contributed by atoms with E-state index in [9.17, 15) is 13.6 Å². The molecule has 3 rings (SSSR count). The SMILES string of the molecule is CCCC(Nc1nc(Nc2cc(F)c3c(c2)C(OC)=CCN3C)c(C(N)=O)cc1F)[C@H](C)N. The molecule has 1 amide bonds. The molecule has 2 atom stereocenters. The number of amides is 1. The molecule has 1 aromatic carbocycles. The minimum Gasteiger partial charge on any atom is -0.496 e. The highest BCUT2D eigenvalue weighted by atomic mass is 19.1. The third kappa shape index (κ3) is 5.16. The second kappa shape index (κ2) is 10.0. The number of carbonyl (C=O) groups is 1. The molecule has 0 aliphatic carbocycles. The van der Waals surface area contributed by atoms with Crippen LogP contribution in [0.1, 0.15) is 42.6 Å². The van der Waals surface area contributed by atoms with Crippen LogP contribution in [0, 0.1) is 11.6 Å². The minimum absolute atomic E-state index is 0.00205. The Kier molecular flexibility index (Phi) is 7.37. The van der Waals surface area contributed by atoms with Crippen molar-refractivity contribution in [1.29, 1.82) is 0 Å². The maximum Gasteiger partial charge on any atom is 0.252 e. The van der Waals surface area contributed by atoms with E-state index in [0.717, 1.165) is 12.5 Å². The highest BCUT2D eigenvalue weighted by Crippen LogP contribution is 2.37. The number of nitrogens with two attached hydrogens (primary N) is 2. The van der Waals surface area contributed by atoms with E-state index < -0.39 is 17.5 Å². The normalized spacial score (nSPS) is 14.8. The number of aromatic nitrogens is 1. The van der Waals surface area contributed by atoms with Gasteiger partial charge in [-0.15, -0.1) is 0 Å². The predicted molar refractivity (Wildman–Crippen MR) is 127 cm³/mol. The number of carbonyl (C=O) groups excluding carboxylic acids is 1. The van der Waals surface area contributed by atoms with Crippen molar-refractivity contribution < 1.29 is 18.3 Å². The van der Waals surface area contributed by atoms with E-state index in [1.165, 1.54) is 13.2 Å². The zero-order chi connectivity index (χ0) is 24.3. The van der Waals surface area contributed by atoms with Crippen molar-refractivity contribution in [2.75, 3.05) is 36.2 Å². The summed E-state index contributed by atoms with van der Waals surface area (Å²) >= 11 is 0. The first kappa shape index (κ1) is 24.2. The number of hydrogen-bond donors (Lipinski definition) is 4. The molecule has 1 unspecified atom stereocenters. The van der Waals surface area contributed by atoms with E-state index in [-0.39, 0.29) is 29.3 Å². The van der Waals surface area contributed by atoms with Crippen LogP contribution in [0.15, 0.2) is 24.3 Å². The fourth-order valence-corrected chi connectivity index (χ4v) is 3.82. The summed E-state index contributed by atoms with van der Waals surface area (Å²) in [4.78, 5) is 18.0. The topological polar surface area (TPSA) is 119 Å². The zero-order valence-electron chi connectivity index (χ0n) is 19.2. The summed E-state index contributed by atoms with van der Waals surface area (Å²) in [6.07, 6.45) is 3.37. The van der Waals surface area contributed by atoms with Crippen LogP contribution in [0.25, 0.3) is 5.76 Å². The van der Waals surface area contributed by atoms with Crippen LogP contribution < -0.4 is 27.0 Å². The summed E-state index contributed by atoms with van der Waals surface area (Å²) < 4.78 is 35.1. The highest BCUT2D eigenvalue weighted by molar-refractivity contribution is 5.98. The molecule has 8 nitrogen and oxygen atoms in total. The number of ether oxygens (including phenoxy) is 1. The summed E-state index contributed by atoms with van der Waals surface area (Å²) in [5, 5.41) is 5.93. The molecule has 2 aromatic rings. The first-order valence-electron chi connectivity index (χ1n) is 10.7. The van der Waals surface area contributed by atoms with Crippen LogP contribution in [-0.2, 0) is 4.74 Å². The van der Waals surface area contributed by atoms with E-state index >= 15 is 0 Å². The summed E-state index contributed by atoms with van der Waals surface area (Å²) in [5.41, 5.74) is 12.5. The van der Waals surface area contributed by atoms with Crippen LogP contribution in [-0.4, -0.2) is 43.7 Å². The Morgan fingerprint density at radius 1 is 1.27 bits per heavy atom. The summed E-state index contributed by atoms with van der Waals surface area (Å²) in [5.74, 6) is -1.65. The Balaban J connectivity index is 2.03. The predicted octanol–water partition coefficient (Wildman–Crippen LogP) is 3.57. The number of anilines is 4. The van der Waals surface area contributed by atoms with Gasteiger partial charge in [0.2, 0.25) is 0 Å². The number of hydrogen-bond acceptors (Lipinski definition) is 7. The number of primary amides is 1. The Morgan fingerprint density at radius 3 is 2.61 bits per heavy atom. The van der Waals surface area contributed by atoms with Gasteiger partial charge in [-0.25, -0.2) is 13.8 Å². The smallest absolute Gasteiger partial charge is 0.252 e. The van der Waals surface area contributed by atoms with Gasteiger partial charge in [-0.1, -0.05) is 13.3 Å². The van der Waals surface area contributed by atoms with Crippen molar-refractivity contribution in [2.24, 2.45) is 11.5 Å². The molecule has 0 spiro atoms. The van der Waals surface area contributed by atoms with Crippen LogP contribution in [0.5, 0.6) is 0 Å². The van der Waals surface area contributed by atoms with Gasteiger partial charge >= 0.3 is 0 Å². The van der Waals surface area contributed by atoms with Gasteiger partial charge in [0.15, 0.2) is 11.6 Å². The Bertz CT molecular complexity index is 1070. The van der Waals surface area contributed by atoms with Gasteiger partial charge in [0.1, 0.15) is 17.4 Å². The molecule has 33 heavy (non-hydrogen) atoms. The summed E-state index contributed by atoms with van der Waals surface area (Å²) in [6.45, 7) is 4.31. The molecule has 10 heteroatoms. The fourth-order valence-electron chi connectivity index (χ4n) is 3.82. The van der Waals surface area contributed by atoms with Crippen molar-refractivity contribution in [3.8, 4) is 0 Å². The lowest BCUT2D eigenvalue weighted by atomic mass is 10.0. The lowest BCUT2D eigenvalue weighted by Crippen LogP contribution is -2.38. The molecular weight excluding hydrogens is 430 g/mol. The maximum absolute atomic E-state index is 15.0. The van der Waals surface area contributed by atoms with Gasteiger partial charge in [0, 0.05) is 36.9 Å². The van der Waals surface area contributed by atoms with Gasteiger partial charge in [-0.2, -0.15) is 0 Å². The standard InChI is InChI=1S/C23H30F2N6O2/c1-5-6-18(12(2)26)29-23-17(25)11-15(21(27)32)22(30-23)28-13-9-14-19(33-4)7-8-31(3)20(14)16(24)10-13/h7,9-12,18H,5-6,8,26H2,1-4H3,(H2,27,32)(H2,28,29,30)/t12-,18?/m0/s1. The number of nitrogens with zero attached hydrogens (tertiary/aromatic N) is 2. The van der Waals surface area contributed by atoms with E-state index in [4.69, 9.17) is 16.2 Å². The largest absolute Gasteiger partial charge is 0.496 e. The lowest BCUT2D eigenvalue weighted by Gasteiger charge is -2.28. The molecule has 0 bridgehead atoms. The number of methoxy groups -OCH3 is 1. The molecule has 0 saturated heterocycles. The van der Waals surface area contributed by atoms with Crippen LogP contribution in [0.4, 0.5) is 31.8 Å². The third-order valence-electron chi connectivity index (χ3n) is 5.54. The van der Waals surface area contributed by atoms with Gasteiger partial charge in [-0.3, -0.25) is 4.79 Å². The number of benzene rings is 1. The molecule has 0 saturated carbocycles. The van der Waals surface area contributed by atoms with Crippen molar-refractivity contribution in [2.45, 2.75) is 38.8 Å². The molecule has 1 aliphatic heterocycles. The molecular formula is C23H30F2N6O2. The summed E-state index contributed by atoms with van der Waals surface area (Å²) in [6, 6.07) is 3.47. The van der Waals surface area contributed by atoms with Crippen molar-refractivity contribution >= 4 is 34.7 Å². The highest BCUT2D eigenvalue weighted by Gasteiger charge is 2.24. The molecule has 0 fully saturated rings. The number of fused-ring (bicyclic) bond motifs is 1. The van der Waals surface area contributed by atoms with Crippen molar-refractivity contribution in [1.82, 2.24) is 4.98 Å². The minimum atomic E-state index is -0.872. The number of halogens is 2. The van der Waals surface area contributed by atoms with Gasteiger partial charge in [0.25, 0.3) is 5.91 Å². The molecule has 178 valence electrons. The van der Waals surface area contributed by atoms with Gasteiger partial charge in [0.05, 0.1) is 18.4 Å². The van der Waals surface area contributed by atoms with E-state index in [1.807, 2.05) is 19.9 Å². The molecule has 6 N–H and O–H groups in total. The monoisotopic (exact) mass is 460 g/mol. The maximum atomic E-state index is 15.0. The molecule has 2 heterocycles. The van der Waals surface area contributed by atoms with Crippen molar-refractivity contribution in [3.05, 3.63) is 47.0 Å². The summed E-state index contributed by atoms with van der Waals surface area (Å²) in [7, 11) is 3.28. The zero-order valence-corrected chi connectivity index (χ0v) is 19.2. The quantitative estimate of drug-likeness (QED) is 0.452. The van der Waals surface area contributed by atoms with E-state index in [0.29, 0.717) is 35.7 Å². The Hall–Kier alpha value is -3.40. The van der Waals surface area contributed by atoms with Gasteiger partial charge in [-0.05, 0) is 37.6 Å². The average Bonchev–Trinajstić information content (AvgIpc) is 2.75. The number of rotatable bonds is 9. The molecule has 1 aliphatic rings. The van der Waals surface area contributed by atoms with E-state index in [1.54, 1.807) is 18.0 Å². The molecule has 1 aromatic heterocycles. The fraction of sp³-hybridized carbons (Fsp3) is 0.391. The third-order valence-corrected chi connectivity index (χ3v) is 5.54. The van der Waals surface area contributed by atoms with Crippen LogP contribution in [0.2, 0.25) is 0 Å². The Labute approximate surface area is 192 Å². The second-order valence-electron chi connectivity index (χ2n) is 8.11. The van der Waals surface area contributed by atoms with Crippen LogP contribution in [0.3, 0.4) is 0 Å². The van der Waals surface area contributed by atoms with Crippen LogP contribution >= 0.6 is 0 Å². The Morgan fingerprint density at radius 2 is 2.00 bits per heavy atom. The second-order valence-corrected chi connectivity index (χ2v) is 8.11. The first-order chi connectivity index (χ1) is 15.7. The number of pyridine rings is 1. The first-order valence-corrected chi connectivity index (χ1v) is 10.7. The average molecular weight is 461 g/mol. The van der Waals surface area contributed by atoms with E-state index in [2.05, 4.69) is 15.6 Å².